The number of sulfonamides is 1. The van der Waals surface area contributed by atoms with Crippen LogP contribution in [0.2, 0.25) is 10.0 Å². The summed E-state index contributed by atoms with van der Waals surface area (Å²) < 4.78 is 42.0. The van der Waals surface area contributed by atoms with Crippen LogP contribution in [0.25, 0.3) is 5.57 Å². The first-order chi connectivity index (χ1) is 15.3. The number of nitrogens with zero attached hydrogens (tertiary/aromatic N) is 1. The van der Waals surface area contributed by atoms with Crippen molar-refractivity contribution in [2.45, 2.75) is 17.4 Å². The van der Waals surface area contributed by atoms with E-state index in [9.17, 15) is 12.8 Å². The largest absolute Gasteiger partial charge is 0.382 e. The molecule has 0 aliphatic carbocycles. The van der Waals surface area contributed by atoms with Gasteiger partial charge in [-0.25, -0.2) is 17.8 Å². The van der Waals surface area contributed by atoms with E-state index >= 15 is 0 Å². The van der Waals surface area contributed by atoms with E-state index in [0.717, 1.165) is 47.6 Å². The third kappa shape index (κ3) is 5.24. The third-order valence-electron chi connectivity index (χ3n) is 4.91. The Morgan fingerprint density at radius 2 is 2.00 bits per heavy atom. The van der Waals surface area contributed by atoms with E-state index in [1.54, 1.807) is 5.38 Å². The maximum Gasteiger partial charge on any atom is 0.266 e. The second kappa shape index (κ2) is 9.76. The summed E-state index contributed by atoms with van der Waals surface area (Å²) in [7, 11) is -4.16. The molecule has 0 unspecified atom stereocenters. The van der Waals surface area contributed by atoms with Crippen molar-refractivity contribution in [1.29, 1.82) is 0 Å². The standard InChI is InChI=1S/C21H19Cl2FN4O2S2/c22-14-5-3-13(4-6-14)15-2-1-7-25-19(15)12-27-18-11-17(24)20(10-16(18)23)32(29,30)28-21-26-8-9-31-21/h2-6,8-11,19,25,27H,1,7,12H2,(H,26,28)/t19-/m1/s1. The minimum atomic E-state index is -4.16. The van der Waals surface area contributed by atoms with Gasteiger partial charge in [-0.1, -0.05) is 41.4 Å². The van der Waals surface area contributed by atoms with Crippen molar-refractivity contribution in [3.05, 3.63) is 75.5 Å². The van der Waals surface area contributed by atoms with Crippen molar-refractivity contribution < 1.29 is 12.8 Å². The normalized spacial score (nSPS) is 16.5. The number of nitrogens with one attached hydrogen (secondary N) is 3. The highest BCUT2D eigenvalue weighted by atomic mass is 35.5. The zero-order chi connectivity index (χ0) is 22.7. The summed E-state index contributed by atoms with van der Waals surface area (Å²) >= 11 is 13.4. The molecule has 0 bridgehead atoms. The van der Waals surface area contributed by atoms with Crippen LogP contribution in [0, 0.1) is 5.82 Å². The minimum Gasteiger partial charge on any atom is -0.382 e. The van der Waals surface area contributed by atoms with Gasteiger partial charge in [-0.2, -0.15) is 0 Å². The average molecular weight is 513 g/mol. The van der Waals surface area contributed by atoms with E-state index in [1.165, 1.54) is 6.20 Å². The zero-order valence-electron chi connectivity index (χ0n) is 16.6. The highest BCUT2D eigenvalue weighted by molar-refractivity contribution is 7.93. The number of anilines is 2. The minimum absolute atomic E-state index is 0.0426. The van der Waals surface area contributed by atoms with Crippen LogP contribution in [0.5, 0.6) is 0 Å². The average Bonchev–Trinajstić information content (AvgIpc) is 3.27. The summed E-state index contributed by atoms with van der Waals surface area (Å²) in [5, 5.41) is 9.08. The molecule has 32 heavy (non-hydrogen) atoms. The molecule has 0 radical (unpaired) electrons. The maximum absolute atomic E-state index is 14.7. The molecule has 1 atom stereocenters. The molecule has 0 fully saturated rings. The van der Waals surface area contributed by atoms with E-state index in [4.69, 9.17) is 23.2 Å². The first-order valence-corrected chi connectivity index (χ1v) is 12.8. The molecule has 4 rings (SSSR count). The van der Waals surface area contributed by atoms with Crippen molar-refractivity contribution in [2.24, 2.45) is 0 Å². The molecule has 6 nitrogen and oxygen atoms in total. The Morgan fingerprint density at radius 3 is 2.72 bits per heavy atom. The van der Waals surface area contributed by atoms with Gasteiger partial charge >= 0.3 is 0 Å². The van der Waals surface area contributed by atoms with Gasteiger partial charge in [-0.15, -0.1) is 11.3 Å². The van der Waals surface area contributed by atoms with E-state index in [2.05, 4.69) is 26.4 Å². The second-order valence-corrected chi connectivity index (χ2v) is 10.4. The number of benzene rings is 2. The zero-order valence-corrected chi connectivity index (χ0v) is 19.8. The third-order valence-corrected chi connectivity index (χ3v) is 7.65. The fraction of sp³-hybridized carbons (Fsp3) is 0.190. The Morgan fingerprint density at radius 1 is 1.22 bits per heavy atom. The summed E-state index contributed by atoms with van der Waals surface area (Å²) in [6, 6.07) is 9.72. The number of thiazole rings is 1. The van der Waals surface area contributed by atoms with Crippen LogP contribution in [0.1, 0.15) is 12.0 Å². The van der Waals surface area contributed by atoms with E-state index in [1.807, 2.05) is 24.3 Å². The lowest BCUT2D eigenvalue weighted by Gasteiger charge is -2.27. The Balaban J connectivity index is 1.51. The van der Waals surface area contributed by atoms with Gasteiger partial charge in [-0.3, -0.25) is 4.72 Å². The monoisotopic (exact) mass is 512 g/mol. The lowest BCUT2D eigenvalue weighted by molar-refractivity contribution is 0.570. The van der Waals surface area contributed by atoms with Crippen molar-refractivity contribution >= 4 is 61.0 Å². The number of rotatable bonds is 7. The summed E-state index contributed by atoms with van der Waals surface area (Å²) in [6.07, 6.45) is 4.50. The lowest BCUT2D eigenvalue weighted by atomic mass is 9.94. The molecule has 0 spiro atoms. The number of aromatic nitrogens is 1. The molecule has 2 aromatic carbocycles. The highest BCUT2D eigenvalue weighted by Gasteiger charge is 2.24. The van der Waals surface area contributed by atoms with Gasteiger partial charge in [0.15, 0.2) is 5.13 Å². The molecule has 3 aromatic rings. The molecule has 0 amide bonds. The van der Waals surface area contributed by atoms with Gasteiger partial charge < -0.3 is 10.6 Å². The van der Waals surface area contributed by atoms with E-state index < -0.39 is 20.7 Å². The predicted molar refractivity (Wildman–Crippen MR) is 129 cm³/mol. The Bertz CT molecular complexity index is 1230. The summed E-state index contributed by atoms with van der Waals surface area (Å²) in [4.78, 5) is 3.31. The van der Waals surface area contributed by atoms with Crippen molar-refractivity contribution in [3.8, 4) is 0 Å². The predicted octanol–water partition coefficient (Wildman–Crippen LogP) is 5.25. The number of halogens is 3. The van der Waals surface area contributed by atoms with Crippen LogP contribution in [0.3, 0.4) is 0 Å². The molecule has 1 aromatic heterocycles. The molecule has 3 N–H and O–H groups in total. The number of hydrogen-bond acceptors (Lipinski definition) is 6. The van der Waals surface area contributed by atoms with Crippen LogP contribution in [-0.4, -0.2) is 32.5 Å². The molecule has 168 valence electrons. The second-order valence-electron chi connectivity index (χ2n) is 7.05. The first kappa shape index (κ1) is 23.0. The van der Waals surface area contributed by atoms with Gasteiger partial charge in [-0.05, 0) is 48.4 Å². The van der Waals surface area contributed by atoms with Gasteiger partial charge in [0.05, 0.1) is 10.7 Å². The quantitative estimate of drug-likeness (QED) is 0.402. The van der Waals surface area contributed by atoms with Crippen LogP contribution in [0.4, 0.5) is 15.2 Å². The van der Waals surface area contributed by atoms with Crippen LogP contribution in [-0.2, 0) is 10.0 Å². The Hall–Kier alpha value is -2.17. The molecule has 0 saturated heterocycles. The highest BCUT2D eigenvalue weighted by Crippen LogP contribution is 2.30. The summed E-state index contributed by atoms with van der Waals surface area (Å²) in [5.41, 5.74) is 2.45. The van der Waals surface area contributed by atoms with Crippen molar-refractivity contribution in [3.63, 3.8) is 0 Å². The summed E-state index contributed by atoms with van der Waals surface area (Å²) in [6.45, 7) is 1.24. The van der Waals surface area contributed by atoms with Crippen molar-refractivity contribution in [1.82, 2.24) is 10.3 Å². The van der Waals surface area contributed by atoms with Gasteiger partial charge in [0, 0.05) is 29.2 Å². The van der Waals surface area contributed by atoms with E-state index in [0.29, 0.717) is 17.3 Å². The SMILES string of the molecule is O=S(=O)(Nc1nccs1)c1cc(Cl)c(NC[C@H]2NCCC=C2c2ccc(Cl)cc2)cc1F. The Labute approximate surface area is 199 Å². The molecule has 0 saturated carbocycles. The molecular formula is C21H19Cl2FN4O2S2. The maximum atomic E-state index is 14.7. The van der Waals surface area contributed by atoms with Gasteiger partial charge in [0.1, 0.15) is 10.7 Å². The molecule has 11 heteroatoms. The van der Waals surface area contributed by atoms with Crippen LogP contribution < -0.4 is 15.4 Å². The Kier molecular flexibility index (Phi) is 7.02. The fourth-order valence-electron chi connectivity index (χ4n) is 3.41. The molecule has 2 heterocycles. The summed E-state index contributed by atoms with van der Waals surface area (Å²) in [5.74, 6) is -0.911. The van der Waals surface area contributed by atoms with Gasteiger partial charge in [0.25, 0.3) is 10.0 Å². The topological polar surface area (TPSA) is 83.1 Å². The van der Waals surface area contributed by atoms with Crippen molar-refractivity contribution in [2.75, 3.05) is 23.1 Å². The first-order valence-electron chi connectivity index (χ1n) is 9.68. The van der Waals surface area contributed by atoms with Crippen LogP contribution in [0.15, 0.2) is 58.9 Å². The van der Waals surface area contributed by atoms with E-state index in [-0.39, 0.29) is 16.2 Å². The molecular weight excluding hydrogens is 494 g/mol. The smallest absolute Gasteiger partial charge is 0.266 e. The molecule has 1 aliphatic heterocycles. The van der Waals surface area contributed by atoms with Crippen LogP contribution >= 0.6 is 34.5 Å². The fourth-order valence-corrected chi connectivity index (χ4v) is 5.70. The lowest BCUT2D eigenvalue weighted by Crippen LogP contribution is -2.39. The molecule has 1 aliphatic rings. The number of hydrogen-bond donors (Lipinski definition) is 3. The van der Waals surface area contributed by atoms with Gasteiger partial charge in [0.2, 0.25) is 0 Å².